The highest BCUT2D eigenvalue weighted by Gasteiger charge is 2.41. The molecule has 1 amide bonds. The number of imidazole rings is 1. The molecule has 0 aromatic carbocycles. The summed E-state index contributed by atoms with van der Waals surface area (Å²) in [4.78, 5) is 20.2. The van der Waals surface area contributed by atoms with Crippen molar-refractivity contribution in [2.45, 2.75) is 31.4 Å². The molecule has 1 saturated heterocycles. The van der Waals surface area contributed by atoms with Crippen LogP contribution in [-0.2, 0) is 23.3 Å². The van der Waals surface area contributed by atoms with Crippen molar-refractivity contribution in [3.05, 3.63) is 44.9 Å². The lowest BCUT2D eigenvalue weighted by molar-refractivity contribution is -0.0771. The Morgan fingerprint density at radius 1 is 1.41 bits per heavy atom. The van der Waals surface area contributed by atoms with E-state index in [0.717, 1.165) is 54.5 Å². The molecule has 0 unspecified atom stereocenters. The van der Waals surface area contributed by atoms with Crippen LogP contribution in [0.3, 0.4) is 0 Å². The van der Waals surface area contributed by atoms with Gasteiger partial charge in [-0.2, -0.15) is 0 Å². The molecule has 9 heteroatoms. The van der Waals surface area contributed by atoms with E-state index in [1.807, 2.05) is 22.2 Å². The van der Waals surface area contributed by atoms with Gasteiger partial charge in [-0.05, 0) is 44.0 Å². The van der Waals surface area contributed by atoms with E-state index in [9.17, 15) is 4.79 Å². The normalized spacial score (nSPS) is 18.2. The van der Waals surface area contributed by atoms with E-state index in [-0.39, 0.29) is 23.9 Å². The molecule has 0 aliphatic carbocycles. The fourth-order valence-electron chi connectivity index (χ4n) is 3.86. The molecule has 27 heavy (non-hydrogen) atoms. The van der Waals surface area contributed by atoms with Crippen LogP contribution in [0.5, 0.6) is 0 Å². The molecule has 3 aromatic rings. The van der Waals surface area contributed by atoms with Crippen molar-refractivity contribution in [1.82, 2.24) is 20.0 Å². The van der Waals surface area contributed by atoms with Gasteiger partial charge < -0.3 is 15.4 Å². The van der Waals surface area contributed by atoms with Crippen molar-refractivity contribution in [3.8, 4) is 0 Å². The number of carbonyl (C=O) groups excluding carboxylic acids is 1. The predicted octanol–water partition coefficient (Wildman–Crippen LogP) is 2.96. The van der Waals surface area contributed by atoms with Gasteiger partial charge in [0.05, 0.1) is 23.7 Å². The van der Waals surface area contributed by atoms with Gasteiger partial charge in [0.25, 0.3) is 5.91 Å². The minimum atomic E-state index is -0.184. The molecular formula is C18H21ClN4O2S2. The van der Waals surface area contributed by atoms with E-state index in [1.165, 1.54) is 10.4 Å². The summed E-state index contributed by atoms with van der Waals surface area (Å²) in [6.07, 6.45) is 6.79. The van der Waals surface area contributed by atoms with Crippen LogP contribution in [0, 0.1) is 0 Å². The third-order valence-electron chi connectivity index (χ3n) is 5.18. The molecule has 2 aliphatic heterocycles. The van der Waals surface area contributed by atoms with Crippen LogP contribution in [0.1, 0.15) is 38.6 Å². The summed E-state index contributed by atoms with van der Waals surface area (Å²) in [5.74, 6) is -0.0233. The SMILES string of the molecule is Cl.O=C(NCc1cn2ccsc2n1)c1cc2c(s1)C1(CCNCC1)OCC2. The summed E-state index contributed by atoms with van der Waals surface area (Å²) in [6, 6.07) is 2.06. The lowest BCUT2D eigenvalue weighted by Gasteiger charge is -2.40. The maximum Gasteiger partial charge on any atom is 0.261 e. The highest BCUT2D eigenvalue weighted by Crippen LogP contribution is 2.44. The second-order valence-electron chi connectivity index (χ2n) is 6.82. The molecule has 5 heterocycles. The maximum absolute atomic E-state index is 12.7. The molecule has 5 rings (SSSR count). The highest BCUT2D eigenvalue weighted by atomic mass is 35.5. The Bertz CT molecular complexity index is 929. The molecule has 1 spiro atoms. The number of hydrogen-bond donors (Lipinski definition) is 2. The number of carbonyl (C=O) groups is 1. The number of piperidine rings is 1. The van der Waals surface area contributed by atoms with Gasteiger partial charge in [-0.15, -0.1) is 35.1 Å². The first kappa shape index (κ1) is 18.9. The van der Waals surface area contributed by atoms with E-state index >= 15 is 0 Å². The first-order valence-electron chi connectivity index (χ1n) is 8.91. The van der Waals surface area contributed by atoms with Crippen LogP contribution in [-0.4, -0.2) is 35.0 Å². The van der Waals surface area contributed by atoms with Crippen LogP contribution >= 0.6 is 35.1 Å². The summed E-state index contributed by atoms with van der Waals surface area (Å²) >= 11 is 3.19. The largest absolute Gasteiger partial charge is 0.369 e. The third kappa shape index (κ3) is 3.40. The van der Waals surface area contributed by atoms with Gasteiger partial charge in [-0.3, -0.25) is 9.20 Å². The van der Waals surface area contributed by atoms with Gasteiger partial charge in [-0.25, -0.2) is 4.98 Å². The molecule has 0 bridgehead atoms. The second kappa shape index (κ2) is 7.52. The molecule has 144 valence electrons. The number of aromatic nitrogens is 2. The number of rotatable bonds is 3. The predicted molar refractivity (Wildman–Crippen MR) is 109 cm³/mol. The van der Waals surface area contributed by atoms with Crippen molar-refractivity contribution in [2.24, 2.45) is 0 Å². The smallest absolute Gasteiger partial charge is 0.261 e. The Morgan fingerprint density at radius 3 is 3.07 bits per heavy atom. The summed E-state index contributed by atoms with van der Waals surface area (Å²) in [6.45, 7) is 3.13. The number of thiazole rings is 1. The van der Waals surface area contributed by atoms with Gasteiger partial charge >= 0.3 is 0 Å². The zero-order chi connectivity index (χ0) is 17.6. The first-order valence-corrected chi connectivity index (χ1v) is 10.6. The van der Waals surface area contributed by atoms with Crippen LogP contribution < -0.4 is 10.6 Å². The number of ether oxygens (including phenoxy) is 1. The topological polar surface area (TPSA) is 67.7 Å². The average Bonchev–Trinajstić information content (AvgIpc) is 3.35. The van der Waals surface area contributed by atoms with Gasteiger partial charge in [0.15, 0.2) is 4.96 Å². The van der Waals surface area contributed by atoms with E-state index in [0.29, 0.717) is 6.54 Å². The summed E-state index contributed by atoms with van der Waals surface area (Å²) in [5.41, 5.74) is 1.98. The highest BCUT2D eigenvalue weighted by molar-refractivity contribution is 7.15. The number of amides is 1. The van der Waals surface area contributed by atoms with Crippen molar-refractivity contribution >= 4 is 45.9 Å². The second-order valence-corrected chi connectivity index (χ2v) is 8.74. The van der Waals surface area contributed by atoms with E-state index in [2.05, 4.69) is 21.7 Å². The number of hydrogen-bond acceptors (Lipinski definition) is 6. The molecule has 0 atom stereocenters. The van der Waals surface area contributed by atoms with Crippen molar-refractivity contribution in [1.29, 1.82) is 0 Å². The molecule has 0 saturated carbocycles. The summed E-state index contributed by atoms with van der Waals surface area (Å²) in [5, 5.41) is 8.41. The molecule has 6 nitrogen and oxygen atoms in total. The Hall–Kier alpha value is -1.45. The molecule has 2 aliphatic rings. The molecule has 1 fully saturated rings. The minimum Gasteiger partial charge on any atom is -0.369 e. The molecule has 0 radical (unpaired) electrons. The molecule has 2 N–H and O–H groups in total. The number of nitrogens with one attached hydrogen (secondary N) is 2. The quantitative estimate of drug-likeness (QED) is 0.678. The monoisotopic (exact) mass is 424 g/mol. The van der Waals surface area contributed by atoms with Gasteiger partial charge in [0.2, 0.25) is 0 Å². The standard InChI is InChI=1S/C18H20N4O2S2.ClH/c23-16(20-10-13-11-22-6-8-25-17(22)21-13)14-9-12-1-7-24-18(15(12)26-14)2-4-19-5-3-18;/h6,8-9,11,19H,1-5,7,10H2,(H,20,23);1H. The number of fused-ring (bicyclic) bond motifs is 3. The first-order chi connectivity index (χ1) is 12.7. The zero-order valence-corrected chi connectivity index (χ0v) is 17.1. The number of thiophene rings is 1. The van der Waals surface area contributed by atoms with Gasteiger partial charge in [0, 0.05) is 22.7 Å². The molecular weight excluding hydrogens is 404 g/mol. The Balaban J connectivity index is 0.00000180. The van der Waals surface area contributed by atoms with Crippen molar-refractivity contribution in [2.75, 3.05) is 19.7 Å². The third-order valence-corrected chi connectivity index (χ3v) is 7.31. The number of nitrogens with zero attached hydrogens (tertiary/aromatic N) is 2. The lowest BCUT2D eigenvalue weighted by Crippen LogP contribution is -2.43. The molecule has 3 aromatic heterocycles. The van der Waals surface area contributed by atoms with E-state index < -0.39 is 0 Å². The van der Waals surface area contributed by atoms with Crippen LogP contribution in [0.2, 0.25) is 0 Å². The minimum absolute atomic E-state index is 0. The summed E-state index contributed by atoms with van der Waals surface area (Å²) < 4.78 is 8.19. The Labute approximate surface area is 171 Å². The lowest BCUT2D eigenvalue weighted by atomic mass is 9.86. The Morgan fingerprint density at radius 2 is 2.26 bits per heavy atom. The van der Waals surface area contributed by atoms with Crippen LogP contribution in [0.15, 0.2) is 23.8 Å². The van der Waals surface area contributed by atoms with Gasteiger partial charge in [-0.1, -0.05) is 0 Å². The van der Waals surface area contributed by atoms with Crippen LogP contribution in [0.4, 0.5) is 0 Å². The number of halogens is 1. The fourth-order valence-corrected chi connectivity index (χ4v) is 5.90. The Kier molecular flexibility index (Phi) is 5.26. The van der Waals surface area contributed by atoms with Crippen LogP contribution in [0.25, 0.3) is 4.96 Å². The van der Waals surface area contributed by atoms with Gasteiger partial charge in [0.1, 0.15) is 5.60 Å². The van der Waals surface area contributed by atoms with E-state index in [4.69, 9.17) is 4.74 Å². The fraction of sp³-hybridized carbons (Fsp3) is 0.444. The van der Waals surface area contributed by atoms with E-state index in [1.54, 1.807) is 22.7 Å². The zero-order valence-electron chi connectivity index (χ0n) is 14.7. The van der Waals surface area contributed by atoms with Crippen molar-refractivity contribution in [3.63, 3.8) is 0 Å². The average molecular weight is 425 g/mol. The van der Waals surface area contributed by atoms with Crippen molar-refractivity contribution < 1.29 is 9.53 Å². The maximum atomic E-state index is 12.7. The summed E-state index contributed by atoms with van der Waals surface area (Å²) in [7, 11) is 0.